The summed E-state index contributed by atoms with van der Waals surface area (Å²) in [5.41, 5.74) is 1.03. The Morgan fingerprint density at radius 1 is 1.50 bits per heavy atom. The number of nitrogens with zero attached hydrogens (tertiary/aromatic N) is 3. The van der Waals surface area contributed by atoms with Crippen molar-refractivity contribution in [3.05, 3.63) is 34.3 Å². The molecule has 1 aliphatic rings. The molecule has 1 N–H and O–H groups in total. The van der Waals surface area contributed by atoms with E-state index in [0.29, 0.717) is 0 Å². The van der Waals surface area contributed by atoms with Crippen molar-refractivity contribution in [1.82, 2.24) is 20.3 Å². The van der Waals surface area contributed by atoms with Crippen molar-refractivity contribution in [1.29, 1.82) is 0 Å². The van der Waals surface area contributed by atoms with Crippen LogP contribution in [0.25, 0.3) is 0 Å². The van der Waals surface area contributed by atoms with Crippen molar-refractivity contribution >= 4 is 11.3 Å². The van der Waals surface area contributed by atoms with Crippen molar-refractivity contribution in [3.63, 3.8) is 0 Å². The van der Waals surface area contributed by atoms with Gasteiger partial charge in [-0.25, -0.2) is 4.68 Å². The van der Waals surface area contributed by atoms with Crippen LogP contribution in [0.4, 0.5) is 0 Å². The lowest BCUT2D eigenvalue weighted by atomic mass is 10.4. The van der Waals surface area contributed by atoms with Crippen LogP contribution in [-0.2, 0) is 13.1 Å². The summed E-state index contributed by atoms with van der Waals surface area (Å²) in [7, 11) is 0. The van der Waals surface area contributed by atoms with Crippen LogP contribution >= 0.6 is 11.3 Å². The molecule has 1 saturated carbocycles. The maximum atomic E-state index is 4.15. The van der Waals surface area contributed by atoms with Crippen LogP contribution in [0.1, 0.15) is 23.4 Å². The van der Waals surface area contributed by atoms with E-state index in [2.05, 4.69) is 33.1 Å². The molecule has 0 aromatic carbocycles. The molecule has 4 nitrogen and oxygen atoms in total. The fraction of sp³-hybridized carbons (Fsp3) is 0.455. The maximum absolute atomic E-state index is 4.15. The van der Waals surface area contributed by atoms with Crippen LogP contribution in [0.3, 0.4) is 0 Å². The molecule has 1 aliphatic carbocycles. The Morgan fingerprint density at radius 2 is 2.44 bits per heavy atom. The Balaban J connectivity index is 1.58. The maximum Gasteiger partial charge on any atom is 0.0965 e. The molecule has 0 spiro atoms. The van der Waals surface area contributed by atoms with Crippen molar-refractivity contribution in [2.24, 2.45) is 0 Å². The van der Waals surface area contributed by atoms with E-state index in [9.17, 15) is 0 Å². The molecule has 0 saturated heterocycles. The van der Waals surface area contributed by atoms with Gasteiger partial charge in [-0.3, -0.25) is 0 Å². The number of hydrogen-bond donors (Lipinski definition) is 1. The van der Waals surface area contributed by atoms with Crippen molar-refractivity contribution < 1.29 is 0 Å². The van der Waals surface area contributed by atoms with E-state index in [-0.39, 0.29) is 0 Å². The highest BCUT2D eigenvalue weighted by Crippen LogP contribution is 2.19. The Labute approximate surface area is 98.3 Å². The first-order valence-electron chi connectivity index (χ1n) is 5.55. The predicted molar refractivity (Wildman–Crippen MR) is 63.3 cm³/mol. The largest absolute Gasteiger partial charge is 0.308 e. The average Bonchev–Trinajstić information content (AvgIpc) is 2.78. The monoisotopic (exact) mass is 234 g/mol. The van der Waals surface area contributed by atoms with Gasteiger partial charge in [-0.1, -0.05) is 11.3 Å². The summed E-state index contributed by atoms with van der Waals surface area (Å²) >= 11 is 1.75. The van der Waals surface area contributed by atoms with Gasteiger partial charge in [0.15, 0.2) is 0 Å². The van der Waals surface area contributed by atoms with Crippen LogP contribution in [0, 0.1) is 0 Å². The minimum Gasteiger partial charge on any atom is -0.308 e. The molecule has 16 heavy (non-hydrogen) atoms. The zero-order valence-corrected chi connectivity index (χ0v) is 9.78. The van der Waals surface area contributed by atoms with Gasteiger partial charge in [-0.2, -0.15) is 0 Å². The first-order valence-corrected chi connectivity index (χ1v) is 6.43. The summed E-state index contributed by atoms with van der Waals surface area (Å²) in [6.07, 6.45) is 4.64. The van der Waals surface area contributed by atoms with E-state index >= 15 is 0 Å². The molecular formula is C11H14N4S. The van der Waals surface area contributed by atoms with Gasteiger partial charge in [0.05, 0.1) is 18.4 Å². The Hall–Kier alpha value is -1.20. The first kappa shape index (κ1) is 9.99. The highest BCUT2D eigenvalue weighted by Gasteiger charge is 2.20. The fourth-order valence-electron chi connectivity index (χ4n) is 1.60. The molecule has 0 atom stereocenters. The SMILES string of the molecule is c1csc(Cn2cc(CNC3CC3)nn2)c1. The van der Waals surface area contributed by atoms with Gasteiger partial charge >= 0.3 is 0 Å². The smallest absolute Gasteiger partial charge is 0.0965 e. The molecule has 2 aromatic heterocycles. The zero-order chi connectivity index (χ0) is 10.8. The summed E-state index contributed by atoms with van der Waals surface area (Å²) < 4.78 is 1.90. The molecule has 5 heteroatoms. The van der Waals surface area contributed by atoms with Gasteiger partial charge in [0.2, 0.25) is 0 Å². The average molecular weight is 234 g/mol. The predicted octanol–water partition coefficient (Wildman–Crippen LogP) is 1.64. The van der Waals surface area contributed by atoms with E-state index in [0.717, 1.165) is 24.8 Å². The Kier molecular flexibility index (Phi) is 2.71. The molecule has 0 amide bonds. The number of hydrogen-bond acceptors (Lipinski definition) is 4. The standard InChI is InChI=1S/C11H14N4S/c1-2-11(16-5-1)8-15-7-10(13-14-15)6-12-9-3-4-9/h1-2,5,7,9,12H,3-4,6,8H2. The molecule has 84 valence electrons. The van der Waals surface area contributed by atoms with Crippen molar-refractivity contribution in [3.8, 4) is 0 Å². The lowest BCUT2D eigenvalue weighted by molar-refractivity contribution is 0.651. The molecule has 0 bridgehead atoms. The van der Waals surface area contributed by atoms with Crippen LogP contribution in [-0.4, -0.2) is 21.0 Å². The number of aromatic nitrogens is 3. The van der Waals surface area contributed by atoms with E-state index in [1.54, 1.807) is 11.3 Å². The third kappa shape index (κ3) is 2.48. The van der Waals surface area contributed by atoms with Crippen LogP contribution in [0.15, 0.2) is 23.7 Å². The van der Waals surface area contributed by atoms with Crippen LogP contribution in [0.2, 0.25) is 0 Å². The molecule has 3 rings (SSSR count). The molecule has 1 fully saturated rings. The van der Waals surface area contributed by atoms with Gasteiger partial charge in [-0.05, 0) is 24.3 Å². The van der Waals surface area contributed by atoms with E-state index in [1.165, 1.54) is 17.7 Å². The van der Waals surface area contributed by atoms with E-state index in [1.807, 2.05) is 10.9 Å². The quantitative estimate of drug-likeness (QED) is 0.855. The van der Waals surface area contributed by atoms with E-state index < -0.39 is 0 Å². The molecule has 0 radical (unpaired) electrons. The Bertz CT molecular complexity index is 444. The lowest BCUT2D eigenvalue weighted by Gasteiger charge is -1.97. The normalized spacial score (nSPS) is 15.5. The highest BCUT2D eigenvalue weighted by molar-refractivity contribution is 7.09. The van der Waals surface area contributed by atoms with Crippen molar-refractivity contribution in [2.45, 2.75) is 32.0 Å². The minimum absolute atomic E-state index is 0.724. The molecular weight excluding hydrogens is 220 g/mol. The summed E-state index contributed by atoms with van der Waals surface area (Å²) in [6, 6.07) is 4.91. The van der Waals surface area contributed by atoms with Gasteiger partial charge < -0.3 is 5.32 Å². The third-order valence-electron chi connectivity index (χ3n) is 2.63. The summed E-state index contributed by atoms with van der Waals surface area (Å²) in [4.78, 5) is 1.31. The highest BCUT2D eigenvalue weighted by atomic mass is 32.1. The van der Waals surface area contributed by atoms with Crippen LogP contribution < -0.4 is 5.32 Å². The molecule has 0 unspecified atom stereocenters. The molecule has 2 heterocycles. The second-order valence-corrected chi connectivity index (χ2v) is 5.17. The molecule has 0 aliphatic heterocycles. The second-order valence-electron chi connectivity index (χ2n) is 4.14. The fourth-order valence-corrected chi connectivity index (χ4v) is 2.29. The van der Waals surface area contributed by atoms with Crippen LogP contribution in [0.5, 0.6) is 0 Å². The van der Waals surface area contributed by atoms with Gasteiger partial charge in [-0.15, -0.1) is 16.4 Å². The third-order valence-corrected chi connectivity index (χ3v) is 3.49. The second kappa shape index (κ2) is 4.35. The van der Waals surface area contributed by atoms with Gasteiger partial charge in [0.25, 0.3) is 0 Å². The lowest BCUT2D eigenvalue weighted by Crippen LogP contribution is -2.15. The summed E-state index contributed by atoms with van der Waals surface area (Å²) in [6.45, 7) is 1.67. The topological polar surface area (TPSA) is 42.7 Å². The first-order chi connectivity index (χ1) is 7.90. The van der Waals surface area contributed by atoms with Crippen molar-refractivity contribution in [2.75, 3.05) is 0 Å². The summed E-state index contributed by atoms with van der Waals surface area (Å²) in [5, 5.41) is 13.8. The Morgan fingerprint density at radius 3 is 3.19 bits per heavy atom. The zero-order valence-electron chi connectivity index (χ0n) is 8.97. The number of rotatable bonds is 5. The summed E-state index contributed by atoms with van der Waals surface area (Å²) in [5.74, 6) is 0. The van der Waals surface area contributed by atoms with Gasteiger partial charge in [0.1, 0.15) is 0 Å². The van der Waals surface area contributed by atoms with Gasteiger partial charge in [0, 0.05) is 17.5 Å². The van der Waals surface area contributed by atoms with E-state index in [4.69, 9.17) is 0 Å². The minimum atomic E-state index is 0.724. The number of thiophene rings is 1. The number of nitrogens with one attached hydrogen (secondary N) is 1. The molecule has 2 aromatic rings.